The van der Waals surface area contributed by atoms with E-state index in [0.29, 0.717) is 13.2 Å². The Labute approximate surface area is 202 Å². The van der Waals surface area contributed by atoms with Gasteiger partial charge in [0.25, 0.3) is 0 Å². The lowest BCUT2D eigenvalue weighted by atomic mass is 9.87. The van der Waals surface area contributed by atoms with Crippen LogP contribution in [0.5, 0.6) is 0 Å². The summed E-state index contributed by atoms with van der Waals surface area (Å²) in [4.78, 5) is 22.1. The lowest BCUT2D eigenvalue weighted by Gasteiger charge is -2.37. The summed E-state index contributed by atoms with van der Waals surface area (Å²) in [5, 5.41) is 4.64. The molecule has 9 heteroatoms. The van der Waals surface area contributed by atoms with Crippen molar-refractivity contribution in [2.75, 3.05) is 36.5 Å². The summed E-state index contributed by atoms with van der Waals surface area (Å²) >= 11 is 1.67. The van der Waals surface area contributed by atoms with Crippen molar-refractivity contribution in [1.82, 2.24) is 19.9 Å². The third-order valence-corrected chi connectivity index (χ3v) is 8.03. The molecule has 0 spiro atoms. The molecule has 1 atom stereocenters. The Hall–Kier alpha value is -2.88. The fourth-order valence-corrected chi connectivity index (χ4v) is 5.91. The van der Waals surface area contributed by atoms with E-state index < -0.39 is 0 Å². The lowest BCUT2D eigenvalue weighted by molar-refractivity contribution is -0.0558. The van der Waals surface area contributed by atoms with Crippen LogP contribution >= 0.6 is 11.3 Å². The van der Waals surface area contributed by atoms with Gasteiger partial charge in [-0.1, -0.05) is 13.0 Å². The molecule has 34 heavy (non-hydrogen) atoms. The zero-order chi connectivity index (χ0) is 23.1. The van der Waals surface area contributed by atoms with Crippen molar-refractivity contribution in [1.29, 1.82) is 0 Å². The monoisotopic (exact) mass is 476 g/mol. The van der Waals surface area contributed by atoms with Crippen LogP contribution < -0.4 is 10.2 Å². The van der Waals surface area contributed by atoms with E-state index in [1.807, 2.05) is 12.3 Å². The maximum absolute atomic E-state index is 6.38. The standard InChI is InChI=1S/C25H28N6O2S/c1-3-25(2)11-17-18(14-33-25)23(31-7-9-32-10-8-31)30-24-19(17)20-21(34-24)22(29-15-28-20)27-13-16-5-4-6-26-12-16/h4-6,12,15H,3,7-11,13-14H2,1-2H3,(H,27,28,29). The summed E-state index contributed by atoms with van der Waals surface area (Å²) < 4.78 is 13.0. The molecule has 4 aromatic rings. The number of hydrogen-bond acceptors (Lipinski definition) is 9. The van der Waals surface area contributed by atoms with Gasteiger partial charge in [0.2, 0.25) is 0 Å². The number of anilines is 2. The predicted octanol–water partition coefficient (Wildman–Crippen LogP) is 4.32. The maximum atomic E-state index is 6.38. The lowest BCUT2D eigenvalue weighted by Crippen LogP contribution is -2.40. The van der Waals surface area contributed by atoms with E-state index in [1.165, 1.54) is 11.1 Å². The highest BCUT2D eigenvalue weighted by molar-refractivity contribution is 7.26. The van der Waals surface area contributed by atoms with Crippen LogP contribution in [0.1, 0.15) is 37.0 Å². The molecule has 0 aliphatic carbocycles. The number of pyridine rings is 2. The van der Waals surface area contributed by atoms with Gasteiger partial charge in [-0.3, -0.25) is 4.98 Å². The third-order valence-electron chi connectivity index (χ3n) is 6.95. The first-order valence-corrected chi connectivity index (χ1v) is 12.7. The predicted molar refractivity (Wildman–Crippen MR) is 135 cm³/mol. The van der Waals surface area contributed by atoms with E-state index in [4.69, 9.17) is 19.4 Å². The van der Waals surface area contributed by atoms with E-state index >= 15 is 0 Å². The van der Waals surface area contributed by atoms with Crippen molar-refractivity contribution in [3.05, 3.63) is 47.5 Å². The minimum Gasteiger partial charge on any atom is -0.378 e. The second kappa shape index (κ2) is 8.72. The molecule has 0 aromatic carbocycles. The Morgan fingerprint density at radius 1 is 1.21 bits per heavy atom. The summed E-state index contributed by atoms with van der Waals surface area (Å²) in [6, 6.07) is 4.00. The molecule has 0 amide bonds. The number of thiophene rings is 1. The molecule has 2 aliphatic rings. The molecule has 1 fully saturated rings. The average molecular weight is 477 g/mol. The molecule has 0 bridgehead atoms. The molecule has 4 aromatic heterocycles. The second-order valence-corrected chi connectivity index (χ2v) is 10.2. The second-order valence-electron chi connectivity index (χ2n) is 9.16. The van der Waals surface area contributed by atoms with Gasteiger partial charge in [0, 0.05) is 49.4 Å². The van der Waals surface area contributed by atoms with Crippen LogP contribution in [0.4, 0.5) is 11.6 Å². The Kier molecular flexibility index (Phi) is 5.55. The van der Waals surface area contributed by atoms with Crippen molar-refractivity contribution in [2.45, 2.75) is 45.4 Å². The zero-order valence-corrected chi connectivity index (χ0v) is 20.3. The van der Waals surface area contributed by atoms with Crippen LogP contribution in [0, 0.1) is 0 Å². The minimum absolute atomic E-state index is 0.188. The van der Waals surface area contributed by atoms with Gasteiger partial charge in [0.05, 0.1) is 35.6 Å². The van der Waals surface area contributed by atoms with Crippen LogP contribution in [-0.4, -0.2) is 51.8 Å². The van der Waals surface area contributed by atoms with Crippen molar-refractivity contribution < 1.29 is 9.47 Å². The van der Waals surface area contributed by atoms with E-state index in [9.17, 15) is 0 Å². The number of nitrogens with one attached hydrogen (secondary N) is 1. The first-order valence-electron chi connectivity index (χ1n) is 11.8. The smallest absolute Gasteiger partial charge is 0.147 e. The largest absolute Gasteiger partial charge is 0.378 e. The van der Waals surface area contributed by atoms with Gasteiger partial charge in [-0.05, 0) is 30.5 Å². The normalized spacial score (nSPS) is 20.6. The van der Waals surface area contributed by atoms with Crippen LogP contribution in [-0.2, 0) is 29.0 Å². The van der Waals surface area contributed by atoms with Gasteiger partial charge in [-0.25, -0.2) is 15.0 Å². The maximum Gasteiger partial charge on any atom is 0.147 e. The molecular weight excluding hydrogens is 448 g/mol. The highest BCUT2D eigenvalue weighted by Gasteiger charge is 2.35. The summed E-state index contributed by atoms with van der Waals surface area (Å²) in [5.41, 5.74) is 4.41. The fourth-order valence-electron chi connectivity index (χ4n) is 4.79. The number of ether oxygens (including phenoxy) is 2. The van der Waals surface area contributed by atoms with Crippen LogP contribution in [0.2, 0.25) is 0 Å². The van der Waals surface area contributed by atoms with Crippen molar-refractivity contribution >= 4 is 43.4 Å². The third kappa shape index (κ3) is 3.77. The summed E-state index contributed by atoms with van der Waals surface area (Å²) in [6.07, 6.45) is 7.11. The number of morpholine rings is 1. The van der Waals surface area contributed by atoms with E-state index in [1.54, 1.807) is 23.9 Å². The number of hydrogen-bond donors (Lipinski definition) is 1. The van der Waals surface area contributed by atoms with E-state index in [0.717, 1.165) is 76.8 Å². The fraction of sp³-hybridized carbons (Fsp3) is 0.440. The molecule has 0 radical (unpaired) electrons. The molecule has 0 saturated carbocycles. The Bertz CT molecular complexity index is 1340. The summed E-state index contributed by atoms with van der Waals surface area (Å²) in [6.45, 7) is 8.77. The van der Waals surface area contributed by atoms with Crippen molar-refractivity contribution in [3.63, 3.8) is 0 Å². The molecule has 6 rings (SSSR count). The van der Waals surface area contributed by atoms with Crippen molar-refractivity contribution in [2.24, 2.45) is 0 Å². The quantitative estimate of drug-likeness (QED) is 0.456. The van der Waals surface area contributed by atoms with Gasteiger partial charge >= 0.3 is 0 Å². The van der Waals surface area contributed by atoms with Crippen LogP contribution in [0.3, 0.4) is 0 Å². The topological polar surface area (TPSA) is 85.3 Å². The molecule has 6 heterocycles. The van der Waals surface area contributed by atoms with E-state index in [-0.39, 0.29) is 5.60 Å². The molecule has 2 aliphatic heterocycles. The first-order chi connectivity index (χ1) is 16.6. The zero-order valence-electron chi connectivity index (χ0n) is 19.5. The molecular formula is C25H28N6O2S. The van der Waals surface area contributed by atoms with Gasteiger partial charge in [0.15, 0.2) is 0 Å². The van der Waals surface area contributed by atoms with Crippen molar-refractivity contribution in [3.8, 4) is 0 Å². The molecule has 1 N–H and O–H groups in total. The summed E-state index contributed by atoms with van der Waals surface area (Å²) in [5.74, 6) is 1.87. The molecule has 1 unspecified atom stereocenters. The average Bonchev–Trinajstić information content (AvgIpc) is 3.27. The van der Waals surface area contributed by atoms with Gasteiger partial charge < -0.3 is 19.7 Å². The van der Waals surface area contributed by atoms with Gasteiger partial charge in [0.1, 0.15) is 22.8 Å². The van der Waals surface area contributed by atoms with E-state index in [2.05, 4.69) is 40.1 Å². The Morgan fingerprint density at radius 2 is 2.09 bits per heavy atom. The molecule has 176 valence electrons. The SMILES string of the molecule is CCC1(C)Cc2c(c(N3CCOCC3)nc3sc4c(NCc5cccnc5)ncnc4c23)CO1. The number of rotatable bonds is 5. The molecule has 1 saturated heterocycles. The molecule has 8 nitrogen and oxygen atoms in total. The highest BCUT2D eigenvalue weighted by atomic mass is 32.1. The van der Waals surface area contributed by atoms with Gasteiger partial charge in [-0.2, -0.15) is 0 Å². The number of fused-ring (bicyclic) bond motifs is 5. The summed E-state index contributed by atoms with van der Waals surface area (Å²) in [7, 11) is 0. The number of aromatic nitrogens is 4. The minimum atomic E-state index is -0.188. The number of nitrogens with zero attached hydrogens (tertiary/aromatic N) is 5. The Balaban J connectivity index is 1.50. The van der Waals surface area contributed by atoms with Crippen LogP contribution in [0.25, 0.3) is 20.4 Å². The Morgan fingerprint density at radius 3 is 2.88 bits per heavy atom. The highest BCUT2D eigenvalue weighted by Crippen LogP contribution is 2.44. The van der Waals surface area contributed by atoms with Gasteiger partial charge in [-0.15, -0.1) is 11.3 Å². The van der Waals surface area contributed by atoms with Crippen LogP contribution in [0.15, 0.2) is 30.9 Å². The first kappa shape index (κ1) is 21.6.